The molecule has 2 rings (SSSR count). The maximum atomic E-state index is 12.9. The molecule has 23 heavy (non-hydrogen) atoms. The third-order valence-electron chi connectivity index (χ3n) is 3.31. The summed E-state index contributed by atoms with van der Waals surface area (Å²) in [7, 11) is 1.62. The Hall–Kier alpha value is -1.85. The number of hydrogen-bond donors (Lipinski definition) is 0. The van der Waals surface area contributed by atoms with Crippen LogP contribution in [0.25, 0.3) is 0 Å². The Bertz CT molecular complexity index is 604. The summed E-state index contributed by atoms with van der Waals surface area (Å²) in [5.41, 5.74) is 1.09. The second kappa shape index (κ2) is 9.33. The van der Waals surface area contributed by atoms with E-state index in [9.17, 15) is 9.18 Å². The highest BCUT2D eigenvalue weighted by molar-refractivity contribution is 8.00. The molecule has 0 saturated carbocycles. The van der Waals surface area contributed by atoms with Crippen LogP contribution in [0, 0.1) is 5.82 Å². The zero-order valence-electron chi connectivity index (χ0n) is 13.1. The predicted molar refractivity (Wildman–Crippen MR) is 90.9 cm³/mol. The van der Waals surface area contributed by atoms with Gasteiger partial charge in [0.2, 0.25) is 5.91 Å². The van der Waals surface area contributed by atoms with Crippen molar-refractivity contribution in [2.45, 2.75) is 11.4 Å². The molecule has 0 aromatic heterocycles. The zero-order valence-corrected chi connectivity index (χ0v) is 13.9. The Morgan fingerprint density at radius 2 is 1.83 bits per heavy atom. The first-order valence-corrected chi connectivity index (χ1v) is 8.36. The molecule has 0 atom stereocenters. The van der Waals surface area contributed by atoms with Crippen molar-refractivity contribution < 1.29 is 13.9 Å². The number of hydrogen-bond acceptors (Lipinski definition) is 3. The molecule has 0 N–H and O–H groups in total. The van der Waals surface area contributed by atoms with Crippen LogP contribution in [0.1, 0.15) is 5.56 Å². The molecule has 2 aromatic rings. The third-order valence-corrected chi connectivity index (χ3v) is 4.31. The van der Waals surface area contributed by atoms with Gasteiger partial charge in [-0.25, -0.2) is 4.39 Å². The molecule has 0 spiro atoms. The number of carbonyl (C=O) groups is 1. The lowest BCUT2D eigenvalue weighted by Gasteiger charge is -2.22. The minimum absolute atomic E-state index is 0.0419. The second-order valence-corrected chi connectivity index (χ2v) is 6.09. The number of ether oxygens (including phenoxy) is 1. The van der Waals surface area contributed by atoms with E-state index in [0.717, 1.165) is 10.5 Å². The Kier molecular flexibility index (Phi) is 7.10. The molecule has 122 valence electrons. The number of benzene rings is 2. The van der Waals surface area contributed by atoms with E-state index in [0.29, 0.717) is 25.4 Å². The molecule has 0 fully saturated rings. The van der Waals surface area contributed by atoms with Gasteiger partial charge in [0.1, 0.15) is 5.82 Å². The zero-order chi connectivity index (χ0) is 16.5. The molecule has 3 nitrogen and oxygen atoms in total. The molecular weight excluding hydrogens is 313 g/mol. The summed E-state index contributed by atoms with van der Waals surface area (Å²) in [5.74, 6) is 0.0917. The van der Waals surface area contributed by atoms with Gasteiger partial charge in [-0.3, -0.25) is 4.79 Å². The van der Waals surface area contributed by atoms with Crippen molar-refractivity contribution in [3.8, 4) is 0 Å². The van der Waals surface area contributed by atoms with Crippen molar-refractivity contribution in [1.29, 1.82) is 0 Å². The van der Waals surface area contributed by atoms with Crippen LogP contribution in [0.5, 0.6) is 0 Å². The molecule has 0 aliphatic carbocycles. The van der Waals surface area contributed by atoms with E-state index in [1.165, 1.54) is 23.9 Å². The predicted octanol–water partition coefficient (Wildman–Crippen LogP) is 3.59. The molecule has 0 unspecified atom stereocenters. The van der Waals surface area contributed by atoms with Gasteiger partial charge in [0, 0.05) is 25.1 Å². The highest BCUT2D eigenvalue weighted by atomic mass is 32.2. The molecule has 0 bridgehead atoms. The highest BCUT2D eigenvalue weighted by Gasteiger charge is 2.14. The summed E-state index contributed by atoms with van der Waals surface area (Å²) < 4.78 is 18.0. The van der Waals surface area contributed by atoms with Gasteiger partial charge in [-0.1, -0.05) is 30.3 Å². The van der Waals surface area contributed by atoms with Gasteiger partial charge in [-0.05, 0) is 29.8 Å². The Balaban J connectivity index is 1.94. The van der Waals surface area contributed by atoms with Crippen LogP contribution >= 0.6 is 11.8 Å². The van der Waals surface area contributed by atoms with Crippen LogP contribution in [0.3, 0.4) is 0 Å². The van der Waals surface area contributed by atoms with E-state index in [1.54, 1.807) is 24.1 Å². The lowest BCUT2D eigenvalue weighted by atomic mass is 10.2. The summed E-state index contributed by atoms with van der Waals surface area (Å²) >= 11 is 1.41. The number of halogens is 1. The lowest BCUT2D eigenvalue weighted by Crippen LogP contribution is -2.34. The van der Waals surface area contributed by atoms with E-state index in [1.807, 2.05) is 30.3 Å². The van der Waals surface area contributed by atoms with Crippen molar-refractivity contribution in [3.05, 3.63) is 66.0 Å². The maximum absolute atomic E-state index is 12.9. The summed E-state index contributed by atoms with van der Waals surface area (Å²) in [6.07, 6.45) is 0. The Morgan fingerprint density at radius 1 is 1.13 bits per heavy atom. The lowest BCUT2D eigenvalue weighted by molar-refractivity contribution is -0.129. The third kappa shape index (κ3) is 6.04. The molecule has 0 aliphatic heterocycles. The smallest absolute Gasteiger partial charge is 0.233 e. The van der Waals surface area contributed by atoms with E-state index >= 15 is 0 Å². The second-order valence-electron chi connectivity index (χ2n) is 5.04. The minimum atomic E-state index is -0.272. The number of methoxy groups -OCH3 is 1. The van der Waals surface area contributed by atoms with Crippen LogP contribution in [0.15, 0.2) is 59.5 Å². The van der Waals surface area contributed by atoms with Crippen LogP contribution in [-0.2, 0) is 16.1 Å². The van der Waals surface area contributed by atoms with Crippen molar-refractivity contribution >= 4 is 17.7 Å². The number of nitrogens with zero attached hydrogens (tertiary/aromatic N) is 1. The molecule has 0 saturated heterocycles. The quantitative estimate of drug-likeness (QED) is 0.692. The first kappa shape index (κ1) is 17.5. The van der Waals surface area contributed by atoms with Crippen molar-refractivity contribution in [1.82, 2.24) is 4.90 Å². The number of carbonyl (C=O) groups excluding carboxylic acids is 1. The average molecular weight is 333 g/mol. The van der Waals surface area contributed by atoms with Gasteiger partial charge in [0.25, 0.3) is 0 Å². The minimum Gasteiger partial charge on any atom is -0.383 e. The Morgan fingerprint density at radius 3 is 2.48 bits per heavy atom. The van der Waals surface area contributed by atoms with E-state index < -0.39 is 0 Å². The first-order chi connectivity index (χ1) is 11.2. The fraction of sp³-hybridized carbons (Fsp3) is 0.278. The molecule has 5 heteroatoms. The topological polar surface area (TPSA) is 29.5 Å². The highest BCUT2D eigenvalue weighted by Crippen LogP contribution is 2.19. The summed E-state index contributed by atoms with van der Waals surface area (Å²) in [5, 5.41) is 0. The normalized spacial score (nSPS) is 10.5. The molecule has 0 heterocycles. The van der Waals surface area contributed by atoms with Crippen molar-refractivity contribution in [2.75, 3.05) is 26.0 Å². The van der Waals surface area contributed by atoms with Gasteiger partial charge in [0.05, 0.1) is 12.4 Å². The van der Waals surface area contributed by atoms with Crippen LogP contribution in [0.4, 0.5) is 4.39 Å². The van der Waals surface area contributed by atoms with Gasteiger partial charge >= 0.3 is 0 Å². The van der Waals surface area contributed by atoms with Crippen molar-refractivity contribution in [3.63, 3.8) is 0 Å². The first-order valence-electron chi connectivity index (χ1n) is 7.38. The maximum Gasteiger partial charge on any atom is 0.233 e. The van der Waals surface area contributed by atoms with Crippen molar-refractivity contribution in [2.24, 2.45) is 0 Å². The standard InChI is InChI=1S/C18H20FNO2S/c1-22-12-11-20(13-15-5-3-2-4-6-15)18(21)14-23-17-9-7-16(19)8-10-17/h2-10H,11-14H2,1H3. The van der Waals surface area contributed by atoms with E-state index in [4.69, 9.17) is 4.74 Å². The molecule has 2 aromatic carbocycles. The van der Waals surface area contributed by atoms with Gasteiger partial charge < -0.3 is 9.64 Å². The summed E-state index contributed by atoms with van der Waals surface area (Å²) in [6.45, 7) is 1.61. The number of thioether (sulfide) groups is 1. The van der Waals surface area contributed by atoms with Gasteiger partial charge in [-0.15, -0.1) is 11.8 Å². The van der Waals surface area contributed by atoms with Crippen LogP contribution in [-0.4, -0.2) is 36.8 Å². The monoisotopic (exact) mass is 333 g/mol. The van der Waals surface area contributed by atoms with E-state index in [2.05, 4.69) is 0 Å². The summed E-state index contributed by atoms with van der Waals surface area (Å²) in [4.78, 5) is 15.1. The van der Waals surface area contributed by atoms with Gasteiger partial charge in [0.15, 0.2) is 0 Å². The van der Waals surface area contributed by atoms with E-state index in [-0.39, 0.29) is 11.7 Å². The fourth-order valence-corrected chi connectivity index (χ4v) is 2.87. The molecule has 1 amide bonds. The SMILES string of the molecule is COCCN(Cc1ccccc1)C(=O)CSc1ccc(F)cc1. The largest absolute Gasteiger partial charge is 0.383 e. The molecule has 0 radical (unpaired) electrons. The number of amides is 1. The fourth-order valence-electron chi connectivity index (χ4n) is 2.06. The van der Waals surface area contributed by atoms with Gasteiger partial charge in [-0.2, -0.15) is 0 Å². The van der Waals surface area contributed by atoms with Crippen LogP contribution < -0.4 is 0 Å². The molecule has 0 aliphatic rings. The number of rotatable bonds is 8. The average Bonchev–Trinajstić information content (AvgIpc) is 2.58. The molecular formula is C18H20FNO2S. The Labute approximate surface area is 140 Å². The summed E-state index contributed by atoms with van der Waals surface area (Å²) in [6, 6.07) is 16.0. The van der Waals surface area contributed by atoms with Crippen LogP contribution in [0.2, 0.25) is 0 Å².